The molecule has 4 N–H and O–H groups in total. The molecule has 0 aliphatic carbocycles. The maximum absolute atomic E-state index is 8.81. The van der Waals surface area contributed by atoms with Gasteiger partial charge in [-0.05, 0) is 33.4 Å². The molecule has 2 atom stereocenters. The Morgan fingerprint density at radius 3 is 2.86 bits per heavy atom. The third-order valence-corrected chi connectivity index (χ3v) is 3.38. The fourth-order valence-electron chi connectivity index (χ4n) is 2.17. The Labute approximate surface area is 86.5 Å². The molecule has 4 nitrogen and oxygen atoms in total. The van der Waals surface area contributed by atoms with Gasteiger partial charge in [0.05, 0.1) is 6.61 Å². The van der Waals surface area contributed by atoms with Crippen LogP contribution in [0, 0.1) is 0 Å². The van der Waals surface area contributed by atoms with Gasteiger partial charge in [0.2, 0.25) is 0 Å². The molecule has 1 saturated heterocycles. The number of hydrogen-bond acceptors (Lipinski definition) is 4. The maximum atomic E-state index is 8.81. The standard InChI is InChI=1S/C10H23N3O/c1-9-7-10(8-11,12-4-6-14)3-5-13(9)2/h9,12,14H,3-8,11H2,1-2H3. The highest BCUT2D eigenvalue weighted by Gasteiger charge is 2.35. The largest absolute Gasteiger partial charge is 0.395 e. The highest BCUT2D eigenvalue weighted by atomic mass is 16.3. The van der Waals surface area contributed by atoms with Crippen molar-refractivity contribution in [1.82, 2.24) is 10.2 Å². The van der Waals surface area contributed by atoms with E-state index < -0.39 is 0 Å². The summed E-state index contributed by atoms with van der Waals surface area (Å²) in [4.78, 5) is 2.36. The van der Waals surface area contributed by atoms with Crippen LogP contribution in [-0.2, 0) is 0 Å². The van der Waals surface area contributed by atoms with Crippen molar-refractivity contribution < 1.29 is 5.11 Å². The van der Waals surface area contributed by atoms with Crippen molar-refractivity contribution in [2.24, 2.45) is 5.73 Å². The average Bonchev–Trinajstić information content (AvgIpc) is 2.20. The van der Waals surface area contributed by atoms with Gasteiger partial charge in [-0.3, -0.25) is 0 Å². The molecule has 0 bridgehead atoms. The Bertz CT molecular complexity index is 173. The van der Waals surface area contributed by atoms with Crippen molar-refractivity contribution in [1.29, 1.82) is 0 Å². The zero-order valence-corrected chi connectivity index (χ0v) is 9.29. The first-order valence-corrected chi connectivity index (χ1v) is 5.40. The summed E-state index contributed by atoms with van der Waals surface area (Å²) in [5.74, 6) is 0. The summed E-state index contributed by atoms with van der Waals surface area (Å²) in [6, 6.07) is 0.568. The summed E-state index contributed by atoms with van der Waals surface area (Å²) >= 11 is 0. The van der Waals surface area contributed by atoms with Crippen LogP contribution in [0.25, 0.3) is 0 Å². The monoisotopic (exact) mass is 201 g/mol. The summed E-state index contributed by atoms with van der Waals surface area (Å²) in [5, 5.41) is 12.2. The minimum Gasteiger partial charge on any atom is -0.395 e. The molecule has 0 radical (unpaired) electrons. The molecule has 84 valence electrons. The van der Waals surface area contributed by atoms with Crippen molar-refractivity contribution in [3.8, 4) is 0 Å². The number of hydrogen-bond donors (Lipinski definition) is 3. The quantitative estimate of drug-likeness (QED) is 0.567. The van der Waals surface area contributed by atoms with Gasteiger partial charge in [0.15, 0.2) is 0 Å². The molecule has 0 spiro atoms. The van der Waals surface area contributed by atoms with Gasteiger partial charge in [0.25, 0.3) is 0 Å². The second-order valence-electron chi connectivity index (χ2n) is 4.42. The van der Waals surface area contributed by atoms with Crippen molar-refractivity contribution in [2.45, 2.75) is 31.3 Å². The van der Waals surface area contributed by atoms with E-state index in [0.29, 0.717) is 19.1 Å². The van der Waals surface area contributed by atoms with Crippen LogP contribution in [0.3, 0.4) is 0 Å². The van der Waals surface area contributed by atoms with Crippen molar-refractivity contribution in [3.05, 3.63) is 0 Å². The Morgan fingerprint density at radius 1 is 1.64 bits per heavy atom. The van der Waals surface area contributed by atoms with Gasteiger partial charge >= 0.3 is 0 Å². The number of rotatable bonds is 4. The van der Waals surface area contributed by atoms with Gasteiger partial charge in [-0.2, -0.15) is 0 Å². The Hall–Kier alpha value is -0.160. The fourth-order valence-corrected chi connectivity index (χ4v) is 2.17. The highest BCUT2D eigenvalue weighted by molar-refractivity contribution is 4.96. The number of nitrogens with one attached hydrogen (secondary N) is 1. The van der Waals surface area contributed by atoms with Crippen molar-refractivity contribution >= 4 is 0 Å². The predicted molar refractivity (Wildman–Crippen MR) is 58.2 cm³/mol. The van der Waals surface area contributed by atoms with Crippen LogP contribution in [0.2, 0.25) is 0 Å². The highest BCUT2D eigenvalue weighted by Crippen LogP contribution is 2.24. The van der Waals surface area contributed by atoms with Crippen LogP contribution in [0.5, 0.6) is 0 Å². The molecule has 1 heterocycles. The molecule has 0 aromatic heterocycles. The van der Waals surface area contributed by atoms with Gasteiger partial charge < -0.3 is 21.1 Å². The van der Waals surface area contributed by atoms with E-state index in [1.54, 1.807) is 0 Å². The molecule has 0 amide bonds. The first-order chi connectivity index (χ1) is 6.63. The van der Waals surface area contributed by atoms with Gasteiger partial charge in [0.1, 0.15) is 0 Å². The van der Waals surface area contributed by atoms with Crippen LogP contribution in [-0.4, -0.2) is 54.9 Å². The molecule has 1 aliphatic heterocycles. The molecule has 2 unspecified atom stereocenters. The third kappa shape index (κ3) is 2.67. The van der Waals surface area contributed by atoms with Gasteiger partial charge in [-0.15, -0.1) is 0 Å². The SMILES string of the molecule is CC1CC(CN)(NCCO)CCN1C. The predicted octanol–water partition coefficient (Wildman–Crippen LogP) is -0.620. The molecule has 14 heavy (non-hydrogen) atoms. The number of aliphatic hydroxyl groups is 1. The van der Waals surface area contributed by atoms with E-state index in [9.17, 15) is 0 Å². The van der Waals surface area contributed by atoms with E-state index >= 15 is 0 Å². The van der Waals surface area contributed by atoms with Crippen LogP contribution in [0.4, 0.5) is 0 Å². The van der Waals surface area contributed by atoms with Gasteiger partial charge in [-0.25, -0.2) is 0 Å². The molecule has 1 aliphatic rings. The summed E-state index contributed by atoms with van der Waals surface area (Å²) < 4.78 is 0. The van der Waals surface area contributed by atoms with Crippen LogP contribution in [0.1, 0.15) is 19.8 Å². The minimum atomic E-state index is 0.0503. The molecule has 0 aromatic carbocycles. The summed E-state index contributed by atoms with van der Waals surface area (Å²) in [6.45, 7) is 4.80. The van der Waals surface area contributed by atoms with E-state index in [1.165, 1.54) is 0 Å². The second-order valence-corrected chi connectivity index (χ2v) is 4.42. The van der Waals surface area contributed by atoms with Crippen LogP contribution < -0.4 is 11.1 Å². The Balaban J connectivity index is 2.52. The van der Waals surface area contributed by atoms with E-state index in [-0.39, 0.29) is 12.1 Å². The maximum Gasteiger partial charge on any atom is 0.0556 e. The molecule has 1 fully saturated rings. The normalized spacial score (nSPS) is 34.7. The third-order valence-electron chi connectivity index (χ3n) is 3.38. The van der Waals surface area contributed by atoms with Gasteiger partial charge in [0, 0.05) is 24.7 Å². The van der Waals surface area contributed by atoms with Crippen molar-refractivity contribution in [3.63, 3.8) is 0 Å². The molecule has 4 heteroatoms. The first-order valence-electron chi connectivity index (χ1n) is 5.40. The number of piperidine rings is 1. The Kier molecular flexibility index (Phi) is 4.31. The van der Waals surface area contributed by atoms with Crippen LogP contribution in [0.15, 0.2) is 0 Å². The first kappa shape index (κ1) is 11.9. The van der Waals surface area contributed by atoms with E-state index in [4.69, 9.17) is 10.8 Å². The molecule has 0 saturated carbocycles. The molecule has 0 aromatic rings. The molecular weight excluding hydrogens is 178 g/mol. The number of nitrogens with two attached hydrogens (primary N) is 1. The summed E-state index contributed by atoms with van der Waals surface area (Å²) in [5.41, 5.74) is 5.87. The van der Waals surface area contributed by atoms with E-state index in [2.05, 4.69) is 24.2 Å². The lowest BCUT2D eigenvalue weighted by molar-refractivity contribution is 0.107. The van der Waals surface area contributed by atoms with E-state index in [0.717, 1.165) is 19.4 Å². The number of aliphatic hydroxyl groups excluding tert-OH is 1. The number of nitrogens with zero attached hydrogens (tertiary/aromatic N) is 1. The van der Waals surface area contributed by atoms with E-state index in [1.807, 2.05) is 0 Å². The Morgan fingerprint density at radius 2 is 2.36 bits per heavy atom. The molecule has 1 rings (SSSR count). The summed E-state index contributed by atoms with van der Waals surface area (Å²) in [7, 11) is 2.15. The lowest BCUT2D eigenvalue weighted by Gasteiger charge is -2.44. The zero-order chi connectivity index (χ0) is 10.6. The minimum absolute atomic E-state index is 0.0503. The zero-order valence-electron chi connectivity index (χ0n) is 9.29. The lowest BCUT2D eigenvalue weighted by atomic mass is 9.84. The smallest absolute Gasteiger partial charge is 0.0556 e. The van der Waals surface area contributed by atoms with Crippen LogP contribution >= 0.6 is 0 Å². The topological polar surface area (TPSA) is 61.5 Å². The number of likely N-dealkylation sites (tertiary alicyclic amines) is 1. The molecular formula is C10H23N3O. The lowest BCUT2D eigenvalue weighted by Crippen LogP contribution is -2.59. The summed E-state index contributed by atoms with van der Waals surface area (Å²) in [6.07, 6.45) is 2.14. The average molecular weight is 201 g/mol. The fraction of sp³-hybridized carbons (Fsp3) is 1.00. The number of β-amino-alcohol motifs (C(OH)–C–C–N with tert-alkyl or cyclic N) is 1. The van der Waals surface area contributed by atoms with Gasteiger partial charge in [-0.1, -0.05) is 0 Å². The van der Waals surface area contributed by atoms with Crippen molar-refractivity contribution in [2.75, 3.05) is 33.3 Å². The second kappa shape index (κ2) is 5.07.